The van der Waals surface area contributed by atoms with Crippen LogP contribution in [0.3, 0.4) is 0 Å². The second-order valence-electron chi connectivity index (χ2n) is 8.09. The molecule has 1 fully saturated rings. The van der Waals surface area contributed by atoms with Crippen LogP contribution in [0.4, 0.5) is 13.6 Å². The third kappa shape index (κ3) is 4.36. The van der Waals surface area contributed by atoms with Gasteiger partial charge in [0.15, 0.2) is 0 Å². The Morgan fingerprint density at radius 2 is 1.47 bits per heavy atom. The minimum absolute atomic E-state index is 0.148. The molecule has 1 aliphatic rings. The van der Waals surface area contributed by atoms with Crippen LogP contribution in [0, 0.1) is 11.6 Å². The fourth-order valence-electron chi connectivity index (χ4n) is 4.26. The topological polar surface area (TPSA) is 49.8 Å². The van der Waals surface area contributed by atoms with E-state index in [1.807, 2.05) is 31.2 Å². The maximum atomic E-state index is 13.4. The van der Waals surface area contributed by atoms with Gasteiger partial charge < -0.3 is 14.7 Å². The first-order valence-electron chi connectivity index (χ1n) is 10.6. The van der Waals surface area contributed by atoms with Crippen molar-refractivity contribution in [3.8, 4) is 11.1 Å². The van der Waals surface area contributed by atoms with Crippen LogP contribution in [0.1, 0.15) is 36.9 Å². The van der Waals surface area contributed by atoms with Gasteiger partial charge in [-0.1, -0.05) is 48.5 Å². The number of aliphatic hydroxyl groups excluding tert-OH is 1. The van der Waals surface area contributed by atoms with E-state index in [9.17, 15) is 18.7 Å². The van der Waals surface area contributed by atoms with Gasteiger partial charge in [0.05, 0.1) is 6.04 Å². The number of amides is 1. The molecule has 4 rings (SSSR count). The highest BCUT2D eigenvalue weighted by molar-refractivity contribution is 5.70. The fourth-order valence-corrected chi connectivity index (χ4v) is 4.26. The molecule has 1 amide bonds. The number of carbonyl (C=O) groups excluding carboxylic acids is 1. The first-order valence-corrected chi connectivity index (χ1v) is 10.6. The lowest BCUT2D eigenvalue weighted by Gasteiger charge is -2.43. The number of hydrogen-bond donors (Lipinski definition) is 1. The summed E-state index contributed by atoms with van der Waals surface area (Å²) in [5, 5.41) is 9.57. The molecule has 1 heterocycles. The first-order chi connectivity index (χ1) is 15.4. The normalized spacial score (nSPS) is 19.5. The zero-order valence-corrected chi connectivity index (χ0v) is 17.8. The Kier molecular flexibility index (Phi) is 6.24. The number of carbonyl (C=O) groups is 1. The van der Waals surface area contributed by atoms with Gasteiger partial charge in [-0.2, -0.15) is 0 Å². The van der Waals surface area contributed by atoms with Crippen molar-refractivity contribution in [1.29, 1.82) is 0 Å². The van der Waals surface area contributed by atoms with E-state index in [1.54, 1.807) is 29.2 Å². The number of hydrogen-bond acceptors (Lipinski definition) is 3. The van der Waals surface area contributed by atoms with E-state index in [4.69, 9.17) is 4.74 Å². The zero-order valence-electron chi connectivity index (χ0n) is 17.8. The molecule has 32 heavy (non-hydrogen) atoms. The van der Waals surface area contributed by atoms with E-state index in [0.29, 0.717) is 18.5 Å². The predicted molar refractivity (Wildman–Crippen MR) is 118 cm³/mol. The summed E-state index contributed by atoms with van der Waals surface area (Å²) in [7, 11) is 0. The van der Waals surface area contributed by atoms with E-state index < -0.39 is 11.7 Å². The highest BCUT2D eigenvalue weighted by atomic mass is 19.1. The van der Waals surface area contributed by atoms with Crippen molar-refractivity contribution in [3.05, 3.63) is 95.6 Å². The molecule has 1 N–H and O–H groups in total. The summed E-state index contributed by atoms with van der Waals surface area (Å²) in [6.07, 6.45) is 0.270. The number of rotatable bonds is 6. The van der Waals surface area contributed by atoms with Crippen molar-refractivity contribution in [3.63, 3.8) is 0 Å². The van der Waals surface area contributed by atoms with Crippen LogP contribution in [-0.4, -0.2) is 29.3 Å². The lowest BCUT2D eigenvalue weighted by atomic mass is 9.85. The Labute approximate surface area is 186 Å². The fraction of sp³-hybridized carbons (Fsp3) is 0.269. The van der Waals surface area contributed by atoms with E-state index in [1.165, 1.54) is 24.3 Å². The Morgan fingerprint density at radius 3 is 2.00 bits per heavy atom. The summed E-state index contributed by atoms with van der Waals surface area (Å²) in [6.45, 7) is 2.23. The molecule has 6 heteroatoms. The summed E-state index contributed by atoms with van der Waals surface area (Å²) in [5.74, 6) is -0.644. The van der Waals surface area contributed by atoms with Crippen LogP contribution in [-0.2, 0) is 10.3 Å². The highest BCUT2D eigenvalue weighted by Crippen LogP contribution is 2.39. The van der Waals surface area contributed by atoms with Crippen LogP contribution >= 0.6 is 0 Å². The predicted octanol–water partition coefficient (Wildman–Crippen LogP) is 5.81. The highest BCUT2D eigenvalue weighted by Gasteiger charge is 2.43. The second kappa shape index (κ2) is 9.09. The molecule has 0 radical (unpaired) electrons. The zero-order chi connectivity index (χ0) is 22.7. The summed E-state index contributed by atoms with van der Waals surface area (Å²) in [4.78, 5) is 14.6. The Morgan fingerprint density at radius 1 is 0.938 bits per heavy atom. The third-order valence-corrected chi connectivity index (χ3v) is 6.20. The summed E-state index contributed by atoms with van der Waals surface area (Å²) in [6, 6.07) is 19.8. The molecular weight excluding hydrogens is 412 g/mol. The van der Waals surface area contributed by atoms with E-state index >= 15 is 0 Å². The van der Waals surface area contributed by atoms with Gasteiger partial charge in [0, 0.05) is 26.0 Å². The molecule has 0 saturated carbocycles. The molecular formula is C26H25F2NO3. The van der Waals surface area contributed by atoms with Gasteiger partial charge in [-0.25, -0.2) is 13.6 Å². The van der Waals surface area contributed by atoms with E-state index in [0.717, 1.165) is 16.7 Å². The summed E-state index contributed by atoms with van der Waals surface area (Å²) < 4.78 is 32.4. The van der Waals surface area contributed by atoms with Crippen molar-refractivity contribution < 1.29 is 23.4 Å². The van der Waals surface area contributed by atoms with Gasteiger partial charge in [0.2, 0.25) is 0 Å². The number of cyclic esters (lactones) is 1. The SMILES string of the molecule is CC(c1ccc(-c2ccc(F)cc2)cc1)N1CCC(CCO)(c2ccc(F)cc2)OC1=O. The number of halogens is 2. The number of aliphatic hydroxyl groups is 1. The van der Waals surface area contributed by atoms with Gasteiger partial charge in [0.1, 0.15) is 17.2 Å². The molecule has 0 aliphatic carbocycles. The molecule has 4 nitrogen and oxygen atoms in total. The molecule has 3 aromatic rings. The van der Waals surface area contributed by atoms with Crippen molar-refractivity contribution in [2.75, 3.05) is 13.2 Å². The monoisotopic (exact) mass is 437 g/mol. The van der Waals surface area contributed by atoms with Gasteiger partial charge >= 0.3 is 6.09 Å². The molecule has 1 aliphatic heterocycles. The number of benzene rings is 3. The molecule has 166 valence electrons. The van der Waals surface area contributed by atoms with Crippen molar-refractivity contribution in [2.45, 2.75) is 31.4 Å². The van der Waals surface area contributed by atoms with Gasteiger partial charge in [0.25, 0.3) is 0 Å². The third-order valence-electron chi connectivity index (χ3n) is 6.20. The quantitative estimate of drug-likeness (QED) is 0.529. The Hall–Kier alpha value is -3.25. The van der Waals surface area contributed by atoms with Crippen LogP contribution < -0.4 is 0 Å². The van der Waals surface area contributed by atoms with Crippen molar-refractivity contribution in [1.82, 2.24) is 4.90 Å². The average Bonchev–Trinajstić information content (AvgIpc) is 2.80. The largest absolute Gasteiger partial charge is 0.438 e. The number of nitrogens with zero attached hydrogens (tertiary/aromatic N) is 1. The molecule has 0 spiro atoms. The average molecular weight is 437 g/mol. The van der Waals surface area contributed by atoms with Gasteiger partial charge in [-0.05, 0) is 53.4 Å². The smallest absolute Gasteiger partial charge is 0.411 e. The van der Waals surface area contributed by atoms with Gasteiger partial charge in [-0.15, -0.1) is 0 Å². The van der Waals surface area contributed by atoms with Crippen LogP contribution in [0.15, 0.2) is 72.8 Å². The second-order valence-corrected chi connectivity index (χ2v) is 8.09. The lowest BCUT2D eigenvalue weighted by molar-refractivity contribution is -0.0718. The van der Waals surface area contributed by atoms with Crippen molar-refractivity contribution in [2.24, 2.45) is 0 Å². The first kappa shape index (κ1) is 22.0. The van der Waals surface area contributed by atoms with Crippen molar-refractivity contribution >= 4 is 6.09 Å². The van der Waals surface area contributed by atoms with Crippen LogP contribution in [0.5, 0.6) is 0 Å². The van der Waals surface area contributed by atoms with E-state index in [-0.39, 0.29) is 30.7 Å². The lowest BCUT2D eigenvalue weighted by Crippen LogP contribution is -2.49. The molecule has 0 aromatic heterocycles. The molecule has 2 atom stereocenters. The van der Waals surface area contributed by atoms with Crippen LogP contribution in [0.2, 0.25) is 0 Å². The maximum absolute atomic E-state index is 13.4. The minimum atomic E-state index is -0.970. The molecule has 0 bridgehead atoms. The number of ether oxygens (including phenoxy) is 1. The van der Waals surface area contributed by atoms with Crippen LogP contribution in [0.25, 0.3) is 11.1 Å². The molecule has 3 aromatic carbocycles. The standard InChI is InChI=1S/C26H25F2NO3/c1-18(19-2-4-20(5-3-19)21-6-10-23(27)11-7-21)29-16-14-26(15-17-30,32-25(29)31)22-8-12-24(28)13-9-22/h2-13,18,30H,14-17H2,1H3. The van der Waals surface area contributed by atoms with Gasteiger partial charge in [-0.3, -0.25) is 0 Å². The molecule has 2 unspecified atom stereocenters. The Bertz CT molecular complexity index is 1070. The molecule has 1 saturated heterocycles. The van der Waals surface area contributed by atoms with E-state index in [2.05, 4.69) is 0 Å². The maximum Gasteiger partial charge on any atom is 0.411 e. The summed E-state index contributed by atoms with van der Waals surface area (Å²) in [5.41, 5.74) is 2.53. The Balaban J connectivity index is 1.50. The minimum Gasteiger partial charge on any atom is -0.438 e. The summed E-state index contributed by atoms with van der Waals surface area (Å²) >= 11 is 0.